The van der Waals surface area contributed by atoms with Gasteiger partial charge in [0.2, 0.25) is 0 Å². The van der Waals surface area contributed by atoms with Crippen LogP contribution in [0.15, 0.2) is 60.7 Å². The molecule has 0 fully saturated rings. The summed E-state index contributed by atoms with van der Waals surface area (Å²) < 4.78 is 5.42. The number of carbonyl (C=O) groups excluding carboxylic acids is 2. The summed E-state index contributed by atoms with van der Waals surface area (Å²) in [6.07, 6.45) is 0.0945. The second-order valence-electron chi connectivity index (χ2n) is 8.20. The molecule has 6 heteroatoms. The second-order valence-corrected chi connectivity index (χ2v) is 8.20. The van der Waals surface area contributed by atoms with E-state index in [0.717, 1.165) is 22.3 Å². The number of rotatable bonds is 7. The van der Waals surface area contributed by atoms with Gasteiger partial charge >= 0.3 is 11.9 Å². The lowest BCUT2D eigenvalue weighted by Gasteiger charge is -2.15. The molecule has 0 unspecified atom stereocenters. The lowest BCUT2D eigenvalue weighted by atomic mass is 10.0. The van der Waals surface area contributed by atoms with E-state index in [2.05, 4.69) is 5.32 Å². The SMILES string of the molecule is Cc1ccc(C(=O)N[C@@H](Cc2ccc(OC(=O)c3ccc(C)c(C)c3)cc2)C(=O)O)cc1C. The van der Waals surface area contributed by atoms with Crippen molar-refractivity contribution in [1.82, 2.24) is 5.32 Å². The van der Waals surface area contributed by atoms with E-state index in [9.17, 15) is 19.5 Å². The lowest BCUT2D eigenvalue weighted by molar-refractivity contribution is -0.139. The van der Waals surface area contributed by atoms with Gasteiger partial charge in [0.05, 0.1) is 5.56 Å². The number of hydrogen-bond acceptors (Lipinski definition) is 4. The average molecular weight is 446 g/mol. The molecule has 0 bridgehead atoms. The number of esters is 1. The predicted molar refractivity (Wildman–Crippen MR) is 126 cm³/mol. The van der Waals surface area contributed by atoms with Crippen LogP contribution in [0.2, 0.25) is 0 Å². The standard InChI is InChI=1S/C27H27NO5/c1-16-5-9-21(13-18(16)3)25(29)28-24(26(30)31)15-20-7-11-23(12-8-20)33-27(32)22-10-6-17(2)19(4)14-22/h5-14,24H,15H2,1-4H3,(H,28,29)(H,30,31)/t24-/m0/s1. The summed E-state index contributed by atoms with van der Waals surface area (Å²) in [6.45, 7) is 7.74. The third-order valence-electron chi connectivity index (χ3n) is 5.69. The van der Waals surface area contributed by atoms with Crippen molar-refractivity contribution in [3.8, 4) is 5.75 Å². The van der Waals surface area contributed by atoms with Crippen LogP contribution in [0.25, 0.3) is 0 Å². The highest BCUT2D eigenvalue weighted by atomic mass is 16.5. The van der Waals surface area contributed by atoms with Crippen molar-refractivity contribution in [2.45, 2.75) is 40.2 Å². The van der Waals surface area contributed by atoms with E-state index >= 15 is 0 Å². The maximum Gasteiger partial charge on any atom is 0.343 e. The molecule has 1 amide bonds. The topological polar surface area (TPSA) is 92.7 Å². The van der Waals surface area contributed by atoms with Crippen LogP contribution in [0.1, 0.15) is 48.5 Å². The van der Waals surface area contributed by atoms with E-state index in [4.69, 9.17) is 4.74 Å². The molecule has 6 nitrogen and oxygen atoms in total. The van der Waals surface area contributed by atoms with E-state index in [1.165, 1.54) is 0 Å². The van der Waals surface area contributed by atoms with E-state index in [0.29, 0.717) is 22.4 Å². The fourth-order valence-corrected chi connectivity index (χ4v) is 3.29. The Balaban J connectivity index is 1.65. The third-order valence-corrected chi connectivity index (χ3v) is 5.69. The molecule has 0 radical (unpaired) electrons. The van der Waals surface area contributed by atoms with Gasteiger partial charge in [-0.25, -0.2) is 9.59 Å². The van der Waals surface area contributed by atoms with Gasteiger partial charge in [-0.3, -0.25) is 4.79 Å². The Morgan fingerprint density at radius 2 is 1.33 bits per heavy atom. The first kappa shape index (κ1) is 23.7. The minimum Gasteiger partial charge on any atom is -0.480 e. The van der Waals surface area contributed by atoms with Crippen molar-refractivity contribution < 1.29 is 24.2 Å². The molecule has 0 heterocycles. The zero-order valence-electron chi connectivity index (χ0n) is 19.1. The maximum atomic E-state index is 12.5. The summed E-state index contributed by atoms with van der Waals surface area (Å²) in [5.41, 5.74) is 5.67. The van der Waals surface area contributed by atoms with Gasteiger partial charge in [0.15, 0.2) is 0 Å². The number of aryl methyl sites for hydroxylation is 4. The number of ether oxygens (including phenoxy) is 1. The summed E-state index contributed by atoms with van der Waals surface area (Å²) in [6, 6.07) is 16.1. The highest BCUT2D eigenvalue weighted by molar-refractivity contribution is 5.97. The summed E-state index contributed by atoms with van der Waals surface area (Å²) in [7, 11) is 0. The Morgan fingerprint density at radius 1 is 0.788 bits per heavy atom. The van der Waals surface area contributed by atoms with Crippen LogP contribution in [0, 0.1) is 27.7 Å². The van der Waals surface area contributed by atoms with Gasteiger partial charge in [0, 0.05) is 12.0 Å². The average Bonchev–Trinajstić information content (AvgIpc) is 2.78. The molecule has 0 spiro atoms. The quantitative estimate of drug-likeness (QED) is 0.411. The lowest BCUT2D eigenvalue weighted by Crippen LogP contribution is -2.42. The fraction of sp³-hybridized carbons (Fsp3) is 0.222. The number of benzene rings is 3. The maximum absolute atomic E-state index is 12.5. The van der Waals surface area contributed by atoms with E-state index in [1.807, 2.05) is 39.8 Å². The van der Waals surface area contributed by atoms with Gasteiger partial charge < -0.3 is 15.2 Å². The summed E-state index contributed by atoms with van der Waals surface area (Å²) in [5, 5.41) is 12.2. The molecular formula is C27H27NO5. The van der Waals surface area contributed by atoms with Crippen LogP contribution in [0.5, 0.6) is 5.75 Å². The van der Waals surface area contributed by atoms with Crippen molar-refractivity contribution in [2.24, 2.45) is 0 Å². The molecule has 0 aliphatic rings. The number of amides is 1. The Morgan fingerprint density at radius 3 is 1.88 bits per heavy atom. The Hall–Kier alpha value is -3.93. The minimum absolute atomic E-state index is 0.0945. The first-order valence-electron chi connectivity index (χ1n) is 10.6. The molecule has 3 rings (SSSR count). The van der Waals surface area contributed by atoms with Gasteiger partial charge in [-0.2, -0.15) is 0 Å². The molecule has 3 aromatic carbocycles. The van der Waals surface area contributed by atoms with Crippen LogP contribution < -0.4 is 10.1 Å². The molecule has 0 aromatic heterocycles. The van der Waals surface area contributed by atoms with Crippen molar-refractivity contribution >= 4 is 17.8 Å². The van der Waals surface area contributed by atoms with Gasteiger partial charge in [-0.05, 0) is 91.9 Å². The van der Waals surface area contributed by atoms with Crippen molar-refractivity contribution in [3.05, 3.63) is 99.6 Å². The minimum atomic E-state index is -1.13. The van der Waals surface area contributed by atoms with Crippen LogP contribution in [0.4, 0.5) is 0 Å². The molecule has 1 atom stereocenters. The van der Waals surface area contributed by atoms with Crippen LogP contribution >= 0.6 is 0 Å². The summed E-state index contributed by atoms with van der Waals surface area (Å²) in [4.78, 5) is 36.6. The molecule has 0 aliphatic heterocycles. The first-order valence-corrected chi connectivity index (χ1v) is 10.6. The van der Waals surface area contributed by atoms with Gasteiger partial charge in [-0.1, -0.05) is 24.3 Å². The fourth-order valence-electron chi connectivity index (χ4n) is 3.29. The number of aliphatic carboxylic acids is 1. The smallest absolute Gasteiger partial charge is 0.343 e. The molecule has 170 valence electrons. The number of nitrogens with one attached hydrogen (secondary N) is 1. The molecule has 3 aromatic rings. The number of hydrogen-bond donors (Lipinski definition) is 2. The summed E-state index contributed by atoms with van der Waals surface area (Å²) in [5.74, 6) is -1.68. The zero-order chi connectivity index (χ0) is 24.1. The van der Waals surface area contributed by atoms with E-state index < -0.39 is 23.9 Å². The molecule has 0 saturated carbocycles. The highest BCUT2D eigenvalue weighted by Crippen LogP contribution is 2.17. The number of carbonyl (C=O) groups is 3. The van der Waals surface area contributed by atoms with Gasteiger partial charge in [0.25, 0.3) is 5.91 Å². The number of carboxylic acid groups (broad SMARTS) is 1. The van der Waals surface area contributed by atoms with Crippen LogP contribution in [-0.4, -0.2) is 29.0 Å². The van der Waals surface area contributed by atoms with Gasteiger partial charge in [-0.15, -0.1) is 0 Å². The first-order chi connectivity index (χ1) is 15.6. The second kappa shape index (κ2) is 10.1. The summed E-state index contributed by atoms with van der Waals surface area (Å²) >= 11 is 0. The predicted octanol–water partition coefficient (Wildman–Crippen LogP) is 4.57. The van der Waals surface area contributed by atoms with Crippen molar-refractivity contribution in [3.63, 3.8) is 0 Å². The van der Waals surface area contributed by atoms with Crippen LogP contribution in [0.3, 0.4) is 0 Å². The molecule has 33 heavy (non-hydrogen) atoms. The monoisotopic (exact) mass is 445 g/mol. The number of carboxylic acids is 1. The van der Waals surface area contributed by atoms with Crippen molar-refractivity contribution in [2.75, 3.05) is 0 Å². The Labute approximate surface area is 193 Å². The van der Waals surface area contributed by atoms with Crippen LogP contribution in [-0.2, 0) is 11.2 Å². The third kappa shape index (κ3) is 6.07. The normalized spacial score (nSPS) is 11.5. The molecule has 0 saturated heterocycles. The Bertz CT molecular complexity index is 1200. The highest BCUT2D eigenvalue weighted by Gasteiger charge is 2.21. The van der Waals surface area contributed by atoms with Crippen molar-refractivity contribution in [1.29, 1.82) is 0 Å². The molecular weight excluding hydrogens is 418 g/mol. The Kier molecular flexibility index (Phi) is 7.28. The largest absolute Gasteiger partial charge is 0.480 e. The zero-order valence-corrected chi connectivity index (χ0v) is 19.1. The molecule has 0 aliphatic carbocycles. The molecule has 2 N–H and O–H groups in total. The van der Waals surface area contributed by atoms with E-state index in [-0.39, 0.29) is 6.42 Å². The van der Waals surface area contributed by atoms with Gasteiger partial charge in [0.1, 0.15) is 11.8 Å². The van der Waals surface area contributed by atoms with E-state index in [1.54, 1.807) is 48.5 Å².